The smallest absolute Gasteiger partial charge is 0.0188 e. The molecule has 18 heavy (non-hydrogen) atoms. The molecule has 1 aromatic carbocycles. The van der Waals surface area contributed by atoms with Crippen LogP contribution in [0.3, 0.4) is 0 Å². The minimum atomic E-state index is 0.674. The van der Waals surface area contributed by atoms with Crippen LogP contribution in [0.15, 0.2) is 0 Å². The van der Waals surface area contributed by atoms with Crippen LogP contribution in [0, 0.1) is 27.7 Å². The van der Waals surface area contributed by atoms with E-state index in [9.17, 15) is 0 Å². The first kappa shape index (κ1) is 15.3. The van der Waals surface area contributed by atoms with E-state index in [-0.39, 0.29) is 0 Å². The van der Waals surface area contributed by atoms with E-state index < -0.39 is 0 Å². The Morgan fingerprint density at radius 2 is 0.833 bits per heavy atom. The molecule has 0 radical (unpaired) electrons. The van der Waals surface area contributed by atoms with Crippen LogP contribution >= 0.6 is 0 Å². The van der Waals surface area contributed by atoms with Gasteiger partial charge in [-0.05, 0) is 85.8 Å². The molecule has 0 heteroatoms. The van der Waals surface area contributed by atoms with Gasteiger partial charge in [-0.15, -0.1) is 0 Å². The molecule has 0 fully saturated rings. The van der Waals surface area contributed by atoms with E-state index in [1.807, 2.05) is 0 Å². The van der Waals surface area contributed by atoms with E-state index in [2.05, 4.69) is 55.4 Å². The number of rotatable bonds is 4. The van der Waals surface area contributed by atoms with Crippen LogP contribution in [0.2, 0.25) is 0 Å². The van der Waals surface area contributed by atoms with Gasteiger partial charge in [-0.25, -0.2) is 0 Å². The molecule has 2 atom stereocenters. The van der Waals surface area contributed by atoms with Gasteiger partial charge in [0.25, 0.3) is 0 Å². The van der Waals surface area contributed by atoms with E-state index >= 15 is 0 Å². The molecule has 1 aromatic rings. The molecular weight excluding hydrogens is 216 g/mol. The van der Waals surface area contributed by atoms with Gasteiger partial charge in [-0.2, -0.15) is 0 Å². The Labute approximate surface area is 114 Å². The summed E-state index contributed by atoms with van der Waals surface area (Å²) in [5, 5.41) is 0. The summed E-state index contributed by atoms with van der Waals surface area (Å²) >= 11 is 0. The molecule has 0 aliphatic heterocycles. The maximum atomic E-state index is 2.36. The third-order valence-corrected chi connectivity index (χ3v) is 4.95. The molecule has 0 spiro atoms. The first-order chi connectivity index (χ1) is 8.36. The Kier molecular flexibility index (Phi) is 5.01. The largest absolute Gasteiger partial charge is 0.0648 e. The van der Waals surface area contributed by atoms with Crippen molar-refractivity contribution in [2.75, 3.05) is 0 Å². The van der Waals surface area contributed by atoms with Gasteiger partial charge in [0.05, 0.1) is 0 Å². The molecule has 2 unspecified atom stereocenters. The minimum Gasteiger partial charge on any atom is -0.0648 e. The normalized spacial score (nSPS) is 14.7. The van der Waals surface area contributed by atoms with Crippen LogP contribution in [-0.4, -0.2) is 0 Å². The van der Waals surface area contributed by atoms with E-state index in [4.69, 9.17) is 0 Å². The summed E-state index contributed by atoms with van der Waals surface area (Å²) in [4.78, 5) is 0. The van der Waals surface area contributed by atoms with Crippen molar-refractivity contribution < 1.29 is 0 Å². The maximum Gasteiger partial charge on any atom is -0.0188 e. The first-order valence-electron chi connectivity index (χ1n) is 7.46. The van der Waals surface area contributed by atoms with Crippen molar-refractivity contribution in [1.82, 2.24) is 0 Å². The van der Waals surface area contributed by atoms with Crippen LogP contribution in [0.25, 0.3) is 0 Å². The minimum absolute atomic E-state index is 0.674. The van der Waals surface area contributed by atoms with Crippen LogP contribution in [0.4, 0.5) is 0 Å². The summed E-state index contributed by atoms with van der Waals surface area (Å²) in [5.74, 6) is 1.35. The molecule has 0 saturated heterocycles. The molecule has 0 aliphatic carbocycles. The SMILES string of the molecule is CCC(C)c1c(C)c(C)c(C(C)CC)c(C)c1C. The van der Waals surface area contributed by atoms with Crippen molar-refractivity contribution in [2.24, 2.45) is 0 Å². The van der Waals surface area contributed by atoms with Gasteiger partial charge in [-0.3, -0.25) is 0 Å². The van der Waals surface area contributed by atoms with Gasteiger partial charge < -0.3 is 0 Å². The van der Waals surface area contributed by atoms with Crippen molar-refractivity contribution in [3.05, 3.63) is 33.4 Å². The second-order valence-corrected chi connectivity index (χ2v) is 5.95. The summed E-state index contributed by atoms with van der Waals surface area (Å²) < 4.78 is 0. The first-order valence-corrected chi connectivity index (χ1v) is 7.46. The van der Waals surface area contributed by atoms with E-state index in [1.165, 1.54) is 35.1 Å². The topological polar surface area (TPSA) is 0 Å². The third kappa shape index (κ3) is 2.48. The van der Waals surface area contributed by atoms with Gasteiger partial charge in [0.2, 0.25) is 0 Å². The highest BCUT2D eigenvalue weighted by atomic mass is 14.2. The van der Waals surface area contributed by atoms with Gasteiger partial charge in [-0.1, -0.05) is 27.7 Å². The molecule has 0 nitrogen and oxygen atoms in total. The molecule has 0 saturated carbocycles. The number of benzene rings is 1. The predicted octanol–water partition coefficient (Wildman–Crippen LogP) is 5.95. The summed E-state index contributed by atoms with van der Waals surface area (Å²) in [6, 6.07) is 0. The summed E-state index contributed by atoms with van der Waals surface area (Å²) in [6.45, 7) is 18.6. The second kappa shape index (κ2) is 5.91. The molecule has 1 rings (SSSR count). The Bertz CT molecular complexity index is 356. The quantitative estimate of drug-likeness (QED) is 0.616. The molecule has 0 aromatic heterocycles. The zero-order valence-electron chi connectivity index (χ0n) is 13.6. The Morgan fingerprint density at radius 1 is 0.611 bits per heavy atom. The fraction of sp³-hybridized carbons (Fsp3) is 0.667. The van der Waals surface area contributed by atoms with Crippen molar-refractivity contribution in [3.63, 3.8) is 0 Å². The molecule has 0 bridgehead atoms. The Balaban J connectivity index is 3.55. The number of hydrogen-bond acceptors (Lipinski definition) is 0. The lowest BCUT2D eigenvalue weighted by atomic mass is 9.79. The van der Waals surface area contributed by atoms with Gasteiger partial charge >= 0.3 is 0 Å². The van der Waals surface area contributed by atoms with E-state index in [0.29, 0.717) is 11.8 Å². The Morgan fingerprint density at radius 3 is 1.00 bits per heavy atom. The molecular formula is C18H30. The Hall–Kier alpha value is -0.780. The molecule has 0 aliphatic rings. The highest BCUT2D eigenvalue weighted by Crippen LogP contribution is 2.36. The van der Waals surface area contributed by atoms with E-state index in [0.717, 1.165) is 0 Å². The fourth-order valence-corrected chi connectivity index (χ4v) is 3.26. The fourth-order valence-electron chi connectivity index (χ4n) is 3.26. The van der Waals surface area contributed by atoms with Crippen LogP contribution < -0.4 is 0 Å². The molecule has 0 amide bonds. The molecule has 0 heterocycles. The lowest BCUT2D eigenvalue weighted by Crippen LogP contribution is -2.09. The van der Waals surface area contributed by atoms with Crippen molar-refractivity contribution in [1.29, 1.82) is 0 Å². The van der Waals surface area contributed by atoms with Crippen LogP contribution in [0.5, 0.6) is 0 Å². The highest BCUT2D eigenvalue weighted by Gasteiger charge is 2.20. The summed E-state index contributed by atoms with van der Waals surface area (Å²) in [7, 11) is 0. The maximum absolute atomic E-state index is 2.36. The lowest BCUT2D eigenvalue weighted by Gasteiger charge is -2.26. The average molecular weight is 246 g/mol. The van der Waals surface area contributed by atoms with Crippen LogP contribution in [0.1, 0.15) is 85.8 Å². The average Bonchev–Trinajstić information content (AvgIpc) is 2.36. The summed E-state index contributed by atoms with van der Waals surface area (Å²) in [5.41, 5.74) is 9.31. The van der Waals surface area contributed by atoms with Crippen molar-refractivity contribution in [3.8, 4) is 0 Å². The highest BCUT2D eigenvalue weighted by molar-refractivity contribution is 5.52. The predicted molar refractivity (Wildman–Crippen MR) is 82.8 cm³/mol. The molecule has 102 valence electrons. The van der Waals surface area contributed by atoms with Gasteiger partial charge in [0, 0.05) is 0 Å². The van der Waals surface area contributed by atoms with Crippen molar-refractivity contribution >= 4 is 0 Å². The zero-order valence-corrected chi connectivity index (χ0v) is 13.6. The van der Waals surface area contributed by atoms with E-state index in [1.54, 1.807) is 11.1 Å². The van der Waals surface area contributed by atoms with Gasteiger partial charge in [0.1, 0.15) is 0 Å². The third-order valence-electron chi connectivity index (χ3n) is 4.95. The standard InChI is InChI=1S/C18H30/c1-9-11(3)17-13(5)15(7)18(12(4)10-2)16(8)14(17)6/h11-12H,9-10H2,1-8H3. The zero-order chi connectivity index (χ0) is 14.0. The monoisotopic (exact) mass is 246 g/mol. The van der Waals surface area contributed by atoms with Crippen LogP contribution in [-0.2, 0) is 0 Å². The van der Waals surface area contributed by atoms with Gasteiger partial charge in [0.15, 0.2) is 0 Å². The number of hydrogen-bond donors (Lipinski definition) is 0. The second-order valence-electron chi connectivity index (χ2n) is 5.95. The summed E-state index contributed by atoms with van der Waals surface area (Å²) in [6.07, 6.45) is 2.45. The molecule has 0 N–H and O–H groups in total. The lowest BCUT2D eigenvalue weighted by molar-refractivity contribution is 0.698. The van der Waals surface area contributed by atoms with Crippen molar-refractivity contribution in [2.45, 2.75) is 80.1 Å².